The fraction of sp³-hybridized carbons (Fsp3) is 0.941. The zero-order valence-corrected chi connectivity index (χ0v) is 14.6. The Hall–Kier alpha value is -0.610. The van der Waals surface area contributed by atoms with E-state index in [9.17, 15) is 4.79 Å². The lowest BCUT2D eigenvalue weighted by Gasteiger charge is -2.30. The average molecular weight is 295 g/mol. The van der Waals surface area contributed by atoms with Gasteiger partial charge in [-0.05, 0) is 45.4 Å². The molecule has 2 atom stereocenters. The second kappa shape index (κ2) is 5.88. The molecule has 0 bridgehead atoms. The molecule has 2 fully saturated rings. The van der Waals surface area contributed by atoms with Crippen LogP contribution in [-0.4, -0.2) is 47.6 Å². The molecule has 0 aromatic carbocycles. The topological polar surface area (TPSA) is 44.4 Å². The van der Waals surface area contributed by atoms with Crippen LogP contribution >= 0.6 is 0 Å². The van der Waals surface area contributed by atoms with Crippen molar-refractivity contribution in [3.63, 3.8) is 0 Å². The number of likely N-dealkylation sites (tertiary alicyclic amines) is 1. The van der Waals surface area contributed by atoms with Gasteiger partial charge in [-0.2, -0.15) is 0 Å². The van der Waals surface area contributed by atoms with Crippen LogP contribution in [0.1, 0.15) is 60.8 Å². The minimum Gasteiger partial charge on any atom is -0.354 e. The minimum absolute atomic E-state index is 0.106. The Balaban J connectivity index is 1.84. The van der Waals surface area contributed by atoms with Crippen LogP contribution in [0.3, 0.4) is 0 Å². The zero-order valence-electron chi connectivity index (χ0n) is 14.6. The van der Waals surface area contributed by atoms with Crippen LogP contribution in [0.5, 0.6) is 0 Å². The molecule has 1 saturated heterocycles. The predicted molar refractivity (Wildman–Crippen MR) is 87.3 cm³/mol. The van der Waals surface area contributed by atoms with E-state index in [1.54, 1.807) is 0 Å². The van der Waals surface area contributed by atoms with Gasteiger partial charge in [0, 0.05) is 31.2 Å². The molecule has 1 aliphatic carbocycles. The highest BCUT2D eigenvalue weighted by Gasteiger charge is 2.41. The van der Waals surface area contributed by atoms with Gasteiger partial charge in [0.25, 0.3) is 0 Å². The first kappa shape index (κ1) is 16.8. The van der Waals surface area contributed by atoms with E-state index in [1.165, 1.54) is 12.8 Å². The van der Waals surface area contributed by atoms with E-state index in [2.05, 4.69) is 43.2 Å². The van der Waals surface area contributed by atoms with Crippen molar-refractivity contribution in [2.24, 2.45) is 5.41 Å². The molecule has 4 heteroatoms. The largest absolute Gasteiger partial charge is 0.354 e. The van der Waals surface area contributed by atoms with Crippen LogP contribution in [0.4, 0.5) is 0 Å². The molecule has 0 aromatic rings. The van der Waals surface area contributed by atoms with Gasteiger partial charge in [-0.1, -0.05) is 20.8 Å². The Morgan fingerprint density at radius 2 is 1.81 bits per heavy atom. The molecule has 2 N–H and O–H groups in total. The van der Waals surface area contributed by atoms with Crippen molar-refractivity contribution < 1.29 is 4.79 Å². The van der Waals surface area contributed by atoms with Crippen molar-refractivity contribution in [1.29, 1.82) is 0 Å². The van der Waals surface area contributed by atoms with Gasteiger partial charge in [-0.3, -0.25) is 15.0 Å². The van der Waals surface area contributed by atoms with Gasteiger partial charge in [-0.15, -0.1) is 0 Å². The van der Waals surface area contributed by atoms with Gasteiger partial charge in [0.05, 0.1) is 5.54 Å². The Bertz CT molecular complexity index is 382. The number of nitrogens with one attached hydrogen (secondary N) is 2. The van der Waals surface area contributed by atoms with Gasteiger partial charge in [0.2, 0.25) is 5.91 Å². The number of carbonyl (C=O) groups excluding carboxylic acids is 1. The molecular weight excluding hydrogens is 262 g/mol. The molecular formula is C17H33N3O. The predicted octanol–water partition coefficient (Wildman–Crippen LogP) is 2.14. The lowest BCUT2D eigenvalue weighted by Crippen LogP contribution is -2.57. The first-order chi connectivity index (χ1) is 9.58. The molecule has 1 aliphatic heterocycles. The Morgan fingerprint density at radius 1 is 1.19 bits per heavy atom. The summed E-state index contributed by atoms with van der Waals surface area (Å²) in [6, 6.07) is 1.88. The van der Waals surface area contributed by atoms with Crippen LogP contribution in [0.15, 0.2) is 0 Å². The quantitative estimate of drug-likeness (QED) is 0.817. The first-order valence-corrected chi connectivity index (χ1v) is 8.40. The van der Waals surface area contributed by atoms with Gasteiger partial charge < -0.3 is 5.32 Å². The van der Waals surface area contributed by atoms with Crippen molar-refractivity contribution in [2.45, 2.75) is 84.5 Å². The highest BCUT2D eigenvalue weighted by molar-refractivity contribution is 5.85. The van der Waals surface area contributed by atoms with E-state index >= 15 is 0 Å². The number of rotatable bonds is 5. The standard InChI is InChI=1S/C17H33N3O/c1-12-9-13(10-20(12)14-7-8-14)19-17(5,6)15(21)18-11-16(2,3)4/h12-14,19H,7-11H2,1-6H3,(H,18,21)/t12-,13+/m0/s1. The summed E-state index contributed by atoms with van der Waals surface area (Å²) in [7, 11) is 0. The van der Waals surface area contributed by atoms with Crippen LogP contribution in [0.25, 0.3) is 0 Å². The van der Waals surface area contributed by atoms with Crippen LogP contribution in [0, 0.1) is 5.41 Å². The van der Waals surface area contributed by atoms with E-state index < -0.39 is 5.54 Å². The maximum Gasteiger partial charge on any atom is 0.239 e. The van der Waals surface area contributed by atoms with E-state index in [1.807, 2.05) is 13.8 Å². The van der Waals surface area contributed by atoms with E-state index in [0.717, 1.165) is 19.0 Å². The fourth-order valence-electron chi connectivity index (χ4n) is 3.22. The van der Waals surface area contributed by atoms with Crippen LogP contribution in [-0.2, 0) is 4.79 Å². The molecule has 1 saturated carbocycles. The molecule has 1 heterocycles. The number of carbonyl (C=O) groups is 1. The third-order valence-corrected chi connectivity index (χ3v) is 4.55. The zero-order chi connectivity index (χ0) is 15.8. The summed E-state index contributed by atoms with van der Waals surface area (Å²) in [5.41, 5.74) is -0.383. The Kier molecular flexibility index (Phi) is 4.69. The molecule has 1 amide bonds. The van der Waals surface area contributed by atoms with Crippen molar-refractivity contribution in [3.05, 3.63) is 0 Å². The molecule has 4 nitrogen and oxygen atoms in total. The third-order valence-electron chi connectivity index (χ3n) is 4.55. The molecule has 2 aliphatic rings. The highest BCUT2D eigenvalue weighted by atomic mass is 16.2. The van der Waals surface area contributed by atoms with Crippen molar-refractivity contribution in [2.75, 3.05) is 13.1 Å². The molecule has 0 aromatic heterocycles. The summed E-state index contributed by atoms with van der Waals surface area (Å²) in [5, 5.41) is 6.66. The molecule has 0 unspecified atom stereocenters. The molecule has 122 valence electrons. The second-order valence-corrected chi connectivity index (χ2v) is 8.72. The highest BCUT2D eigenvalue weighted by Crippen LogP contribution is 2.33. The summed E-state index contributed by atoms with van der Waals surface area (Å²) in [6.45, 7) is 14.5. The normalized spacial score (nSPS) is 27.9. The Morgan fingerprint density at radius 3 is 2.33 bits per heavy atom. The monoisotopic (exact) mass is 295 g/mol. The Labute approximate surface area is 130 Å². The van der Waals surface area contributed by atoms with Crippen LogP contribution in [0.2, 0.25) is 0 Å². The van der Waals surface area contributed by atoms with E-state index in [4.69, 9.17) is 0 Å². The number of amides is 1. The molecule has 2 rings (SSSR count). The molecule has 0 radical (unpaired) electrons. The molecule has 21 heavy (non-hydrogen) atoms. The van der Waals surface area contributed by atoms with Crippen molar-refractivity contribution >= 4 is 5.91 Å². The van der Waals surface area contributed by atoms with Gasteiger partial charge in [0.1, 0.15) is 0 Å². The SMILES string of the molecule is C[C@H]1C[C@@H](NC(C)(C)C(=O)NCC(C)(C)C)CN1C1CC1. The van der Waals surface area contributed by atoms with E-state index in [-0.39, 0.29) is 11.3 Å². The summed E-state index contributed by atoms with van der Waals surface area (Å²) in [5.74, 6) is 0.106. The smallest absolute Gasteiger partial charge is 0.239 e. The summed E-state index contributed by atoms with van der Waals surface area (Å²) in [6.07, 6.45) is 3.85. The minimum atomic E-state index is -0.505. The van der Waals surface area contributed by atoms with Crippen molar-refractivity contribution in [3.8, 4) is 0 Å². The second-order valence-electron chi connectivity index (χ2n) is 8.72. The number of hydrogen-bond donors (Lipinski definition) is 2. The van der Waals surface area contributed by atoms with Gasteiger partial charge in [0.15, 0.2) is 0 Å². The lowest BCUT2D eigenvalue weighted by molar-refractivity contribution is -0.127. The van der Waals surface area contributed by atoms with Crippen LogP contribution < -0.4 is 10.6 Å². The lowest BCUT2D eigenvalue weighted by atomic mass is 9.95. The summed E-state index contributed by atoms with van der Waals surface area (Å²) >= 11 is 0. The maximum absolute atomic E-state index is 12.4. The number of hydrogen-bond acceptors (Lipinski definition) is 3. The number of nitrogens with zero attached hydrogens (tertiary/aromatic N) is 1. The van der Waals surface area contributed by atoms with E-state index in [0.29, 0.717) is 18.6 Å². The summed E-state index contributed by atoms with van der Waals surface area (Å²) < 4.78 is 0. The fourth-order valence-corrected chi connectivity index (χ4v) is 3.22. The maximum atomic E-state index is 12.4. The molecule has 0 spiro atoms. The first-order valence-electron chi connectivity index (χ1n) is 8.40. The third kappa shape index (κ3) is 4.68. The summed E-state index contributed by atoms with van der Waals surface area (Å²) in [4.78, 5) is 15.0. The van der Waals surface area contributed by atoms with Crippen molar-refractivity contribution in [1.82, 2.24) is 15.5 Å². The van der Waals surface area contributed by atoms with Gasteiger partial charge in [-0.25, -0.2) is 0 Å². The van der Waals surface area contributed by atoms with Gasteiger partial charge >= 0.3 is 0 Å². The average Bonchev–Trinajstić information content (AvgIpc) is 3.10.